The van der Waals surface area contributed by atoms with Crippen LogP contribution in [-0.2, 0) is 17.9 Å². The number of nitrogens with one attached hydrogen (secondary N) is 1. The maximum Gasteiger partial charge on any atom is 0.234 e. The minimum Gasteiger partial charge on any atom is -0.489 e. The quantitative estimate of drug-likeness (QED) is 0.717. The monoisotopic (exact) mass is 362 g/mol. The van der Waals surface area contributed by atoms with Gasteiger partial charge in [0.05, 0.1) is 6.04 Å². The maximum absolute atomic E-state index is 13.2. The van der Waals surface area contributed by atoms with Crippen LogP contribution in [0.4, 0.5) is 8.78 Å². The molecule has 0 fully saturated rings. The molecule has 2 rings (SSSR count). The van der Waals surface area contributed by atoms with Crippen molar-refractivity contribution in [2.75, 3.05) is 0 Å². The summed E-state index contributed by atoms with van der Waals surface area (Å²) in [6, 6.07) is 10.2. The average molecular weight is 362 g/mol. The molecule has 140 valence electrons. The lowest BCUT2D eigenvalue weighted by atomic mass is 9.98. The van der Waals surface area contributed by atoms with Gasteiger partial charge >= 0.3 is 0 Å². The van der Waals surface area contributed by atoms with Crippen LogP contribution in [0, 0.1) is 17.6 Å². The van der Waals surface area contributed by atoms with E-state index in [1.807, 2.05) is 26.0 Å². The van der Waals surface area contributed by atoms with Crippen LogP contribution in [0.3, 0.4) is 0 Å². The molecule has 0 saturated carbocycles. The highest BCUT2D eigenvalue weighted by atomic mass is 19.1. The Morgan fingerprint density at radius 3 is 2.27 bits per heavy atom. The van der Waals surface area contributed by atoms with Crippen molar-refractivity contribution in [2.45, 2.75) is 39.5 Å². The highest BCUT2D eigenvalue weighted by molar-refractivity contribution is 5.80. The third kappa shape index (κ3) is 5.81. The van der Waals surface area contributed by atoms with Crippen molar-refractivity contribution >= 4 is 5.91 Å². The van der Waals surface area contributed by atoms with E-state index in [9.17, 15) is 13.6 Å². The van der Waals surface area contributed by atoms with Gasteiger partial charge in [0.1, 0.15) is 24.0 Å². The summed E-state index contributed by atoms with van der Waals surface area (Å²) in [5, 5.41) is 3.18. The molecule has 0 aliphatic carbocycles. The molecule has 26 heavy (non-hydrogen) atoms. The SMILES string of the molecule is CCC(C)[C@H](NCc1ccc(OCc2cc(F)cc(F)c2)cc1)C(N)=O. The van der Waals surface area contributed by atoms with Crippen LogP contribution in [0.5, 0.6) is 5.75 Å². The number of benzene rings is 2. The Balaban J connectivity index is 1.90. The van der Waals surface area contributed by atoms with Crippen molar-refractivity contribution < 1.29 is 18.3 Å². The number of primary amides is 1. The summed E-state index contributed by atoms with van der Waals surface area (Å²) in [4.78, 5) is 11.5. The smallest absolute Gasteiger partial charge is 0.234 e. The van der Waals surface area contributed by atoms with Crippen LogP contribution in [0.25, 0.3) is 0 Å². The van der Waals surface area contributed by atoms with E-state index in [4.69, 9.17) is 10.5 Å². The van der Waals surface area contributed by atoms with Crippen molar-refractivity contribution in [3.8, 4) is 5.75 Å². The standard InChI is InChI=1S/C20H24F2N2O2/c1-3-13(2)19(20(23)25)24-11-14-4-6-18(7-5-14)26-12-15-8-16(21)10-17(22)9-15/h4-10,13,19,24H,3,11-12H2,1-2H3,(H2,23,25)/t13?,19-/m0/s1. The lowest BCUT2D eigenvalue weighted by molar-refractivity contribution is -0.121. The third-order valence-electron chi connectivity index (χ3n) is 4.30. The van der Waals surface area contributed by atoms with E-state index in [1.54, 1.807) is 12.1 Å². The van der Waals surface area contributed by atoms with Gasteiger partial charge in [-0.3, -0.25) is 4.79 Å². The second kappa shape index (κ2) is 9.29. The van der Waals surface area contributed by atoms with Gasteiger partial charge in [-0.1, -0.05) is 32.4 Å². The van der Waals surface area contributed by atoms with Crippen molar-refractivity contribution in [3.63, 3.8) is 0 Å². The molecule has 0 radical (unpaired) electrons. The van der Waals surface area contributed by atoms with E-state index >= 15 is 0 Å². The molecular formula is C20H24F2N2O2. The van der Waals surface area contributed by atoms with E-state index in [-0.39, 0.29) is 24.5 Å². The van der Waals surface area contributed by atoms with Crippen LogP contribution >= 0.6 is 0 Å². The minimum absolute atomic E-state index is 0.0735. The first kappa shape index (κ1) is 19.8. The van der Waals surface area contributed by atoms with Crippen LogP contribution < -0.4 is 15.8 Å². The number of amides is 1. The zero-order valence-electron chi connectivity index (χ0n) is 15.0. The van der Waals surface area contributed by atoms with E-state index < -0.39 is 11.6 Å². The number of carbonyl (C=O) groups is 1. The van der Waals surface area contributed by atoms with E-state index in [1.165, 1.54) is 12.1 Å². The molecule has 0 aliphatic rings. The number of hydrogen-bond acceptors (Lipinski definition) is 3. The third-order valence-corrected chi connectivity index (χ3v) is 4.30. The van der Waals surface area contributed by atoms with Gasteiger partial charge in [-0.05, 0) is 41.3 Å². The van der Waals surface area contributed by atoms with E-state index in [0.717, 1.165) is 18.1 Å². The summed E-state index contributed by atoms with van der Waals surface area (Å²) in [6.07, 6.45) is 0.855. The average Bonchev–Trinajstić information content (AvgIpc) is 2.59. The summed E-state index contributed by atoms with van der Waals surface area (Å²) in [5.74, 6) is -0.874. The molecule has 2 aromatic rings. The molecule has 1 amide bonds. The maximum atomic E-state index is 13.2. The van der Waals surface area contributed by atoms with Gasteiger partial charge in [0.15, 0.2) is 0 Å². The molecule has 2 aromatic carbocycles. The normalized spacial score (nSPS) is 13.2. The van der Waals surface area contributed by atoms with Crippen molar-refractivity contribution in [3.05, 3.63) is 65.2 Å². The Morgan fingerprint density at radius 2 is 1.73 bits per heavy atom. The largest absolute Gasteiger partial charge is 0.489 e. The molecule has 0 bridgehead atoms. The molecule has 2 atom stereocenters. The van der Waals surface area contributed by atoms with Gasteiger partial charge in [-0.25, -0.2) is 8.78 Å². The van der Waals surface area contributed by atoms with E-state index in [2.05, 4.69) is 5.32 Å². The molecule has 0 spiro atoms. The Morgan fingerprint density at radius 1 is 1.12 bits per heavy atom. The van der Waals surface area contributed by atoms with Gasteiger partial charge in [-0.2, -0.15) is 0 Å². The number of ether oxygens (including phenoxy) is 1. The summed E-state index contributed by atoms with van der Waals surface area (Å²) in [5.41, 5.74) is 6.84. The molecular weight excluding hydrogens is 338 g/mol. The zero-order chi connectivity index (χ0) is 19.1. The Kier molecular flexibility index (Phi) is 7.09. The molecule has 0 aromatic heterocycles. The molecule has 6 heteroatoms. The Hall–Kier alpha value is -2.47. The fraction of sp³-hybridized carbons (Fsp3) is 0.350. The number of nitrogens with two attached hydrogens (primary N) is 1. The molecule has 0 aliphatic heterocycles. The minimum atomic E-state index is -0.629. The molecule has 0 saturated heterocycles. The highest BCUT2D eigenvalue weighted by Crippen LogP contribution is 2.16. The second-order valence-corrected chi connectivity index (χ2v) is 6.36. The predicted molar refractivity (Wildman–Crippen MR) is 96.4 cm³/mol. The Labute approximate surface area is 152 Å². The summed E-state index contributed by atoms with van der Waals surface area (Å²) < 4.78 is 31.9. The predicted octanol–water partition coefficient (Wildman–Crippen LogP) is 3.53. The highest BCUT2D eigenvalue weighted by Gasteiger charge is 2.20. The van der Waals surface area contributed by atoms with Crippen LogP contribution in [0.2, 0.25) is 0 Å². The number of carbonyl (C=O) groups excluding carboxylic acids is 1. The van der Waals surface area contributed by atoms with Gasteiger partial charge in [0.2, 0.25) is 5.91 Å². The molecule has 0 heterocycles. The number of halogens is 2. The molecule has 3 N–H and O–H groups in total. The van der Waals surface area contributed by atoms with Gasteiger partial charge < -0.3 is 15.8 Å². The zero-order valence-corrected chi connectivity index (χ0v) is 15.0. The van der Waals surface area contributed by atoms with Gasteiger partial charge in [0, 0.05) is 12.6 Å². The first-order chi connectivity index (χ1) is 12.4. The van der Waals surface area contributed by atoms with Crippen LogP contribution in [0.15, 0.2) is 42.5 Å². The number of hydrogen-bond donors (Lipinski definition) is 2. The van der Waals surface area contributed by atoms with Crippen LogP contribution in [-0.4, -0.2) is 11.9 Å². The van der Waals surface area contributed by atoms with Crippen molar-refractivity contribution in [1.82, 2.24) is 5.32 Å². The van der Waals surface area contributed by atoms with Crippen LogP contribution in [0.1, 0.15) is 31.4 Å². The lowest BCUT2D eigenvalue weighted by Crippen LogP contribution is -2.45. The summed E-state index contributed by atoms with van der Waals surface area (Å²) in [6.45, 7) is 4.57. The fourth-order valence-corrected chi connectivity index (χ4v) is 2.61. The first-order valence-electron chi connectivity index (χ1n) is 8.58. The van der Waals surface area contributed by atoms with Gasteiger partial charge in [0.25, 0.3) is 0 Å². The topological polar surface area (TPSA) is 64.3 Å². The van der Waals surface area contributed by atoms with E-state index in [0.29, 0.717) is 17.9 Å². The Bertz CT molecular complexity index is 715. The summed E-state index contributed by atoms with van der Waals surface area (Å²) in [7, 11) is 0. The number of rotatable bonds is 9. The molecule has 4 nitrogen and oxygen atoms in total. The van der Waals surface area contributed by atoms with Gasteiger partial charge in [-0.15, -0.1) is 0 Å². The van der Waals surface area contributed by atoms with Crippen molar-refractivity contribution in [1.29, 1.82) is 0 Å². The first-order valence-corrected chi connectivity index (χ1v) is 8.58. The fourth-order valence-electron chi connectivity index (χ4n) is 2.61. The lowest BCUT2D eigenvalue weighted by Gasteiger charge is -2.21. The summed E-state index contributed by atoms with van der Waals surface area (Å²) >= 11 is 0. The molecule has 1 unspecified atom stereocenters. The van der Waals surface area contributed by atoms with Crippen molar-refractivity contribution in [2.24, 2.45) is 11.7 Å². The second-order valence-electron chi connectivity index (χ2n) is 6.36.